The van der Waals surface area contributed by atoms with E-state index in [1.165, 1.54) is 19.2 Å². The van der Waals surface area contributed by atoms with Crippen molar-refractivity contribution in [1.29, 1.82) is 0 Å². The fraction of sp³-hybridized carbons (Fsp3) is 0.188. The van der Waals surface area contributed by atoms with E-state index in [9.17, 15) is 9.90 Å². The summed E-state index contributed by atoms with van der Waals surface area (Å²) in [6, 6.07) is 10.2. The van der Waals surface area contributed by atoms with Crippen LogP contribution in [0, 0.1) is 0 Å². The van der Waals surface area contributed by atoms with Gasteiger partial charge in [-0.25, -0.2) is 0 Å². The fourth-order valence-electron chi connectivity index (χ4n) is 2.27. The monoisotopic (exact) mass is 312 g/mol. The molecule has 2 aromatic heterocycles. The molecule has 2 heterocycles. The molecule has 3 aromatic rings. The summed E-state index contributed by atoms with van der Waals surface area (Å²) >= 11 is 0. The molecule has 0 saturated carbocycles. The molecule has 118 valence electrons. The number of ether oxygens (including phenoxy) is 1. The highest BCUT2D eigenvalue weighted by Gasteiger charge is 2.12. The quantitative estimate of drug-likeness (QED) is 0.744. The molecular weight excluding hydrogens is 296 g/mol. The molecule has 0 aliphatic rings. The largest absolute Gasteiger partial charge is 0.507 e. The van der Waals surface area contributed by atoms with Gasteiger partial charge in [-0.1, -0.05) is 6.07 Å². The molecule has 0 radical (unpaired) electrons. The molecule has 0 aliphatic heterocycles. The summed E-state index contributed by atoms with van der Waals surface area (Å²) in [7, 11) is 1.50. The van der Waals surface area contributed by atoms with E-state index in [1.54, 1.807) is 6.07 Å². The van der Waals surface area contributed by atoms with Crippen LogP contribution in [0.2, 0.25) is 0 Å². The van der Waals surface area contributed by atoms with Gasteiger partial charge in [0.1, 0.15) is 17.3 Å². The van der Waals surface area contributed by atoms with E-state index in [0.29, 0.717) is 18.7 Å². The average Bonchev–Trinajstić information content (AvgIpc) is 2.98. The van der Waals surface area contributed by atoms with Crippen molar-refractivity contribution in [2.45, 2.75) is 6.42 Å². The number of rotatable bonds is 5. The summed E-state index contributed by atoms with van der Waals surface area (Å²) in [5.41, 5.74) is 0.971. The Morgan fingerprint density at radius 1 is 1.30 bits per heavy atom. The molecule has 0 saturated heterocycles. The summed E-state index contributed by atoms with van der Waals surface area (Å²) < 4.78 is 6.86. The first kappa shape index (κ1) is 14.8. The van der Waals surface area contributed by atoms with Crippen molar-refractivity contribution < 1.29 is 14.6 Å². The molecular formula is C16H16N4O3. The molecule has 1 amide bonds. The molecule has 7 heteroatoms. The smallest absolute Gasteiger partial charge is 0.255 e. The summed E-state index contributed by atoms with van der Waals surface area (Å²) in [6.07, 6.45) is 2.41. The van der Waals surface area contributed by atoms with E-state index in [2.05, 4.69) is 15.5 Å². The van der Waals surface area contributed by atoms with E-state index in [4.69, 9.17) is 4.74 Å². The maximum absolute atomic E-state index is 12.1. The number of hydrogen-bond donors (Lipinski definition) is 2. The summed E-state index contributed by atoms with van der Waals surface area (Å²) in [5, 5.41) is 20.8. The molecule has 23 heavy (non-hydrogen) atoms. The van der Waals surface area contributed by atoms with Crippen LogP contribution in [-0.4, -0.2) is 39.3 Å². The minimum atomic E-state index is -0.348. The van der Waals surface area contributed by atoms with Gasteiger partial charge in [-0.15, -0.1) is 10.2 Å². The second kappa shape index (κ2) is 6.35. The van der Waals surface area contributed by atoms with E-state index >= 15 is 0 Å². The van der Waals surface area contributed by atoms with Crippen LogP contribution >= 0.6 is 0 Å². The number of methoxy groups -OCH3 is 1. The number of pyridine rings is 1. The number of aromatic hydroxyl groups is 1. The number of benzene rings is 1. The molecule has 0 bridgehead atoms. The highest BCUT2D eigenvalue weighted by atomic mass is 16.5. The van der Waals surface area contributed by atoms with Crippen LogP contribution in [0.1, 0.15) is 16.2 Å². The Morgan fingerprint density at radius 2 is 2.17 bits per heavy atom. The van der Waals surface area contributed by atoms with Gasteiger partial charge >= 0.3 is 0 Å². The van der Waals surface area contributed by atoms with Crippen LogP contribution in [0.4, 0.5) is 0 Å². The van der Waals surface area contributed by atoms with Gasteiger partial charge in [-0.2, -0.15) is 0 Å². The Morgan fingerprint density at radius 3 is 2.96 bits per heavy atom. The lowest BCUT2D eigenvalue weighted by Gasteiger charge is -2.08. The molecule has 1 aromatic carbocycles. The Labute approximate surface area is 132 Å². The van der Waals surface area contributed by atoms with Gasteiger partial charge in [0.15, 0.2) is 5.65 Å². The second-order valence-corrected chi connectivity index (χ2v) is 4.93. The number of aromatic nitrogens is 3. The third-order valence-electron chi connectivity index (χ3n) is 3.47. The van der Waals surface area contributed by atoms with E-state index in [0.717, 1.165) is 11.5 Å². The van der Waals surface area contributed by atoms with E-state index < -0.39 is 0 Å². The molecule has 0 fully saturated rings. The van der Waals surface area contributed by atoms with Crippen LogP contribution in [-0.2, 0) is 6.42 Å². The fourth-order valence-corrected chi connectivity index (χ4v) is 2.27. The molecule has 0 atom stereocenters. The Kier molecular flexibility index (Phi) is 4.09. The number of phenolic OH excluding ortho intramolecular Hbond substituents is 1. The number of carbonyl (C=O) groups is 1. The Balaban J connectivity index is 1.63. The third kappa shape index (κ3) is 3.08. The summed E-state index contributed by atoms with van der Waals surface area (Å²) in [6.45, 7) is 0.389. The van der Waals surface area contributed by atoms with Crippen molar-refractivity contribution in [2.24, 2.45) is 0 Å². The number of hydrogen-bond acceptors (Lipinski definition) is 5. The van der Waals surface area contributed by atoms with Crippen LogP contribution in [0.3, 0.4) is 0 Å². The second-order valence-electron chi connectivity index (χ2n) is 4.93. The number of nitrogens with one attached hydrogen (secondary N) is 1. The van der Waals surface area contributed by atoms with E-state index in [-0.39, 0.29) is 17.2 Å². The minimum absolute atomic E-state index is 0.116. The van der Waals surface area contributed by atoms with Gasteiger partial charge in [0.25, 0.3) is 5.91 Å². The third-order valence-corrected chi connectivity index (χ3v) is 3.47. The predicted octanol–water partition coefficient (Wildman–Crippen LogP) is 1.42. The van der Waals surface area contributed by atoms with Gasteiger partial charge < -0.3 is 15.2 Å². The normalized spacial score (nSPS) is 10.7. The molecule has 0 aliphatic carbocycles. The number of fused-ring (bicyclic) bond motifs is 1. The zero-order valence-corrected chi connectivity index (χ0v) is 12.6. The lowest BCUT2D eigenvalue weighted by Crippen LogP contribution is -2.26. The zero-order valence-electron chi connectivity index (χ0n) is 12.6. The molecule has 7 nitrogen and oxygen atoms in total. The van der Waals surface area contributed by atoms with Crippen LogP contribution in [0.15, 0.2) is 42.6 Å². The maximum Gasteiger partial charge on any atom is 0.255 e. The summed E-state index contributed by atoms with van der Waals surface area (Å²) in [5.74, 6) is 0.794. The van der Waals surface area contributed by atoms with Crippen LogP contribution < -0.4 is 10.1 Å². The zero-order chi connectivity index (χ0) is 16.2. The van der Waals surface area contributed by atoms with E-state index in [1.807, 2.05) is 28.8 Å². The van der Waals surface area contributed by atoms with Crippen LogP contribution in [0.5, 0.6) is 11.5 Å². The number of nitrogens with zero attached hydrogens (tertiary/aromatic N) is 3. The Bertz CT molecular complexity index is 844. The highest BCUT2D eigenvalue weighted by molar-refractivity contribution is 5.96. The lowest BCUT2D eigenvalue weighted by molar-refractivity contribution is 0.0951. The van der Waals surface area contributed by atoms with Crippen molar-refractivity contribution in [2.75, 3.05) is 13.7 Å². The maximum atomic E-state index is 12.1. The number of amides is 1. The van der Waals surface area contributed by atoms with Crippen molar-refractivity contribution in [1.82, 2.24) is 19.9 Å². The Hall–Kier alpha value is -3.09. The van der Waals surface area contributed by atoms with Crippen molar-refractivity contribution >= 4 is 11.6 Å². The number of carbonyl (C=O) groups excluding carboxylic acids is 1. The molecule has 0 unspecified atom stereocenters. The van der Waals surface area contributed by atoms with Gasteiger partial charge in [-0.05, 0) is 24.3 Å². The highest BCUT2D eigenvalue weighted by Crippen LogP contribution is 2.23. The standard InChI is InChI=1S/C16H16N4O3/c1-23-11-5-6-12(13(21)10-11)16(22)17-8-7-15-19-18-14-4-2-3-9-20(14)15/h2-6,9-10,21H,7-8H2,1H3,(H,17,22). The minimum Gasteiger partial charge on any atom is -0.507 e. The molecule has 2 N–H and O–H groups in total. The lowest BCUT2D eigenvalue weighted by atomic mass is 10.1. The molecule has 0 spiro atoms. The van der Waals surface area contributed by atoms with Crippen molar-refractivity contribution in [3.63, 3.8) is 0 Å². The van der Waals surface area contributed by atoms with Crippen LogP contribution in [0.25, 0.3) is 5.65 Å². The average molecular weight is 312 g/mol. The van der Waals surface area contributed by atoms with Crippen molar-refractivity contribution in [3.05, 3.63) is 54.0 Å². The summed E-state index contributed by atoms with van der Waals surface area (Å²) in [4.78, 5) is 12.1. The number of phenols is 1. The van der Waals surface area contributed by atoms with Crippen molar-refractivity contribution in [3.8, 4) is 11.5 Å². The SMILES string of the molecule is COc1ccc(C(=O)NCCc2nnc3ccccn23)c(O)c1. The van der Waals surface area contributed by atoms with Gasteiger partial charge in [-0.3, -0.25) is 9.20 Å². The predicted molar refractivity (Wildman–Crippen MR) is 83.7 cm³/mol. The van der Waals surface area contributed by atoms with Gasteiger partial charge in [0.05, 0.1) is 12.7 Å². The molecule has 3 rings (SSSR count). The topological polar surface area (TPSA) is 88.8 Å². The first-order valence-corrected chi connectivity index (χ1v) is 7.13. The van der Waals surface area contributed by atoms with Gasteiger partial charge in [0, 0.05) is 25.2 Å². The first-order chi connectivity index (χ1) is 11.2. The first-order valence-electron chi connectivity index (χ1n) is 7.13. The van der Waals surface area contributed by atoms with Gasteiger partial charge in [0.2, 0.25) is 0 Å².